The van der Waals surface area contributed by atoms with E-state index >= 15 is 0 Å². The predicted octanol–water partition coefficient (Wildman–Crippen LogP) is 1.64. The molecule has 0 atom stereocenters. The zero-order valence-corrected chi connectivity index (χ0v) is 11.7. The van der Waals surface area contributed by atoms with Crippen LogP contribution in [0.25, 0.3) is 11.0 Å². The van der Waals surface area contributed by atoms with Gasteiger partial charge in [0.15, 0.2) is 0 Å². The first kappa shape index (κ1) is 9.20. The van der Waals surface area contributed by atoms with Crippen molar-refractivity contribution >= 4 is 49.3 Å². The van der Waals surface area contributed by atoms with Crippen molar-refractivity contribution in [1.82, 2.24) is 7.36 Å². The molecule has 0 saturated carbocycles. The van der Waals surface area contributed by atoms with Gasteiger partial charge in [-0.05, 0) is 0 Å². The first-order chi connectivity index (χ1) is 6.22. The SMILES string of the molecule is COc1ccc2[nH]c(=S)[n]([Pb])c2c1. The maximum absolute atomic E-state index is 5.14. The molecule has 0 spiro atoms. The molecule has 65 valence electrons. The van der Waals surface area contributed by atoms with Gasteiger partial charge in [0.2, 0.25) is 0 Å². The zero-order valence-electron chi connectivity index (χ0n) is 7.00. The van der Waals surface area contributed by atoms with Crippen LogP contribution in [0, 0.1) is 4.77 Å². The average molecular weight is 386 g/mol. The maximum atomic E-state index is 5.14. The number of ether oxygens (including phenoxy) is 1. The Morgan fingerprint density at radius 1 is 1.54 bits per heavy atom. The number of hydrogen-bond acceptors (Lipinski definition) is 2. The average Bonchev–Trinajstić information content (AvgIpc) is 2.43. The van der Waals surface area contributed by atoms with Gasteiger partial charge in [0.25, 0.3) is 0 Å². The third-order valence-electron chi connectivity index (χ3n) is 1.89. The van der Waals surface area contributed by atoms with Crippen LogP contribution >= 0.6 is 12.2 Å². The molecule has 13 heavy (non-hydrogen) atoms. The van der Waals surface area contributed by atoms with Crippen molar-refractivity contribution in [2.45, 2.75) is 0 Å². The topological polar surface area (TPSA) is 29.9 Å². The predicted molar refractivity (Wildman–Crippen MR) is 54.8 cm³/mol. The summed E-state index contributed by atoms with van der Waals surface area (Å²) in [7, 11) is 1.67. The van der Waals surface area contributed by atoms with Crippen molar-refractivity contribution < 1.29 is 4.74 Å². The second kappa shape index (κ2) is 3.41. The van der Waals surface area contributed by atoms with E-state index in [4.69, 9.17) is 17.0 Å². The van der Waals surface area contributed by atoms with Gasteiger partial charge in [-0.2, -0.15) is 0 Å². The van der Waals surface area contributed by atoms with E-state index in [1.165, 1.54) is 0 Å². The van der Waals surface area contributed by atoms with Gasteiger partial charge in [-0.15, -0.1) is 0 Å². The molecule has 0 aliphatic rings. The third-order valence-corrected chi connectivity index (χ3v) is 4.61. The molecule has 2 rings (SSSR count). The summed E-state index contributed by atoms with van der Waals surface area (Å²) in [6.45, 7) is 0. The second-order valence-corrected chi connectivity index (χ2v) is 4.77. The summed E-state index contributed by atoms with van der Waals surface area (Å²) in [4.78, 5) is 3.13. The molecule has 0 saturated heterocycles. The first-order valence-electron chi connectivity index (χ1n) is 3.73. The summed E-state index contributed by atoms with van der Waals surface area (Å²) in [5, 5.41) is 0. The van der Waals surface area contributed by atoms with Crippen LogP contribution in [0.3, 0.4) is 0 Å². The number of H-pyrrole nitrogens is 1. The summed E-state index contributed by atoms with van der Waals surface area (Å²) < 4.78 is 7.99. The van der Waals surface area contributed by atoms with E-state index < -0.39 is 0 Å². The summed E-state index contributed by atoms with van der Waals surface area (Å²) >= 11 is 6.02. The molecule has 1 heterocycles. The van der Waals surface area contributed by atoms with Gasteiger partial charge in [0.1, 0.15) is 0 Å². The fourth-order valence-corrected chi connectivity index (χ4v) is 2.35. The van der Waals surface area contributed by atoms with Gasteiger partial charge in [0.05, 0.1) is 0 Å². The number of methoxy groups -OCH3 is 1. The molecule has 5 heteroatoms. The van der Waals surface area contributed by atoms with Crippen LogP contribution in [0.15, 0.2) is 18.2 Å². The molecule has 2 aromatic rings. The zero-order chi connectivity index (χ0) is 9.42. The van der Waals surface area contributed by atoms with Crippen LogP contribution in [-0.4, -0.2) is 40.5 Å². The van der Waals surface area contributed by atoms with Crippen molar-refractivity contribution in [2.75, 3.05) is 7.11 Å². The fourth-order valence-electron chi connectivity index (χ4n) is 1.21. The van der Waals surface area contributed by atoms with E-state index in [-0.39, 0.29) is 0 Å². The van der Waals surface area contributed by atoms with Gasteiger partial charge < -0.3 is 0 Å². The molecule has 3 nitrogen and oxygen atoms in total. The Kier molecular flexibility index (Phi) is 2.41. The van der Waals surface area contributed by atoms with Crippen LogP contribution < -0.4 is 4.74 Å². The summed E-state index contributed by atoms with van der Waals surface area (Å²) in [5.41, 5.74) is 2.19. The third kappa shape index (κ3) is 1.52. The number of rotatable bonds is 1. The normalized spacial score (nSPS) is 10.6. The summed E-state index contributed by atoms with van der Waals surface area (Å²) in [5.74, 6) is 0.867. The Morgan fingerprint density at radius 3 is 3.00 bits per heavy atom. The monoisotopic (exact) mass is 387 g/mol. The Hall–Kier alpha value is -0.368. The van der Waals surface area contributed by atoms with Crippen LogP contribution in [0.1, 0.15) is 0 Å². The molecule has 1 aromatic carbocycles. The number of aromatic nitrogens is 2. The molecular weight excluding hydrogens is 379 g/mol. The molecule has 0 fully saturated rings. The van der Waals surface area contributed by atoms with Gasteiger partial charge in [0, 0.05) is 0 Å². The molecule has 3 radical (unpaired) electrons. The first-order valence-corrected chi connectivity index (χ1v) is 5.87. The van der Waals surface area contributed by atoms with Crippen molar-refractivity contribution in [2.24, 2.45) is 0 Å². The van der Waals surface area contributed by atoms with E-state index in [2.05, 4.69) is 7.36 Å². The quantitative estimate of drug-likeness (QED) is 0.597. The molecular formula is C8H7N2OPbS. The summed E-state index contributed by atoms with van der Waals surface area (Å²) in [6.07, 6.45) is 0. The Labute approximate surface area is 96.8 Å². The molecule has 0 aliphatic heterocycles. The van der Waals surface area contributed by atoms with Crippen LogP contribution in [0.5, 0.6) is 5.75 Å². The fraction of sp³-hybridized carbons (Fsp3) is 0.125. The molecule has 0 unspecified atom stereocenters. The van der Waals surface area contributed by atoms with Gasteiger partial charge >= 0.3 is 97.2 Å². The van der Waals surface area contributed by atoms with Crippen LogP contribution in [0.4, 0.5) is 0 Å². The Bertz CT molecular complexity index is 502. The van der Waals surface area contributed by atoms with Crippen LogP contribution in [-0.2, 0) is 0 Å². The van der Waals surface area contributed by atoms with E-state index in [0.717, 1.165) is 47.6 Å². The van der Waals surface area contributed by atoms with Crippen molar-refractivity contribution in [1.29, 1.82) is 0 Å². The Balaban J connectivity index is 2.82. The number of imidazole rings is 1. The van der Waals surface area contributed by atoms with Gasteiger partial charge in [-0.25, -0.2) is 0 Å². The number of aromatic amines is 1. The van der Waals surface area contributed by atoms with E-state index in [0.29, 0.717) is 0 Å². The molecule has 0 amide bonds. The van der Waals surface area contributed by atoms with Gasteiger partial charge in [-0.1, -0.05) is 0 Å². The molecule has 0 bridgehead atoms. The standard InChI is InChI=1S/C8H8N2OS.Pb/c1-11-5-2-3-6-7(4-5)10-8(12)9-6;/h2-4H,1H3,(H2,9,10,12);/q;+1/p-1. The van der Waals surface area contributed by atoms with Gasteiger partial charge in [-0.3, -0.25) is 0 Å². The summed E-state index contributed by atoms with van der Waals surface area (Å²) in [6, 6.07) is 5.90. The van der Waals surface area contributed by atoms with Crippen molar-refractivity contribution in [3.8, 4) is 5.75 Å². The number of nitrogens with zero attached hydrogens (tertiary/aromatic N) is 1. The molecule has 1 N–H and O–H groups in total. The van der Waals surface area contributed by atoms with E-state index in [1.807, 2.05) is 18.2 Å². The Morgan fingerprint density at radius 2 is 2.31 bits per heavy atom. The molecule has 0 aliphatic carbocycles. The molecule has 1 aromatic heterocycles. The van der Waals surface area contributed by atoms with Crippen LogP contribution in [0.2, 0.25) is 0 Å². The van der Waals surface area contributed by atoms with E-state index in [1.54, 1.807) is 7.11 Å². The number of fused-ring (bicyclic) bond motifs is 1. The number of hydrogen-bond donors (Lipinski definition) is 1. The van der Waals surface area contributed by atoms with Crippen molar-refractivity contribution in [3.63, 3.8) is 0 Å². The minimum atomic E-state index is 0.787. The van der Waals surface area contributed by atoms with E-state index in [9.17, 15) is 0 Å². The number of benzene rings is 1. The van der Waals surface area contributed by atoms with Crippen molar-refractivity contribution in [3.05, 3.63) is 23.0 Å². The number of nitrogens with one attached hydrogen (secondary N) is 1. The second-order valence-electron chi connectivity index (χ2n) is 2.65. The minimum absolute atomic E-state index is 0.787.